The highest BCUT2D eigenvalue weighted by molar-refractivity contribution is 8.10. The van der Waals surface area contributed by atoms with Crippen LogP contribution in [-0.4, -0.2) is 28.2 Å². The molecule has 2 aromatic carbocycles. The minimum atomic E-state index is -4.46. The first-order chi connectivity index (χ1) is 13.4. The standard InChI is InChI=1S/C21H28ClNO5S2/c1-20(2,3)17-12-15(13-18(19(17)24)21(4,5)6)23(29(7,25)26)30(27,28)16-10-8-14(22)9-11-16/h8-13,24H,1-7H3. The molecule has 6 nitrogen and oxygen atoms in total. The van der Waals surface area contributed by atoms with Crippen molar-refractivity contribution in [3.8, 4) is 5.75 Å². The molecule has 0 saturated carbocycles. The van der Waals surface area contributed by atoms with E-state index in [4.69, 9.17) is 11.6 Å². The summed E-state index contributed by atoms with van der Waals surface area (Å²) in [6.45, 7) is 11.1. The average Bonchev–Trinajstić information content (AvgIpc) is 2.53. The summed E-state index contributed by atoms with van der Waals surface area (Å²) >= 11 is 5.85. The van der Waals surface area contributed by atoms with Crippen molar-refractivity contribution in [2.75, 3.05) is 9.97 Å². The van der Waals surface area contributed by atoms with Gasteiger partial charge in [0, 0.05) is 16.1 Å². The van der Waals surface area contributed by atoms with Crippen LogP contribution in [0.25, 0.3) is 0 Å². The third-order valence-corrected chi connectivity index (χ3v) is 8.53. The summed E-state index contributed by atoms with van der Waals surface area (Å²) < 4.78 is 52.5. The summed E-state index contributed by atoms with van der Waals surface area (Å²) in [5.41, 5.74) is -0.282. The Hall–Kier alpha value is -1.77. The maximum Gasteiger partial charge on any atom is 0.277 e. The topological polar surface area (TPSA) is 91.8 Å². The Balaban J connectivity index is 2.92. The maximum absolute atomic E-state index is 13.3. The van der Waals surface area contributed by atoms with Crippen molar-refractivity contribution in [3.05, 3.63) is 52.5 Å². The van der Waals surface area contributed by atoms with Crippen LogP contribution in [0.4, 0.5) is 5.69 Å². The average molecular weight is 474 g/mol. The smallest absolute Gasteiger partial charge is 0.277 e. The molecule has 2 rings (SSSR count). The van der Waals surface area contributed by atoms with Crippen molar-refractivity contribution in [2.45, 2.75) is 57.3 Å². The molecule has 0 spiro atoms. The molecule has 9 heteroatoms. The number of nitrogens with zero attached hydrogens (tertiary/aromatic N) is 1. The van der Waals surface area contributed by atoms with Crippen LogP contribution in [0.3, 0.4) is 0 Å². The number of hydrogen-bond acceptors (Lipinski definition) is 5. The lowest BCUT2D eigenvalue weighted by molar-refractivity contribution is 0.423. The fourth-order valence-electron chi connectivity index (χ4n) is 3.08. The Kier molecular flexibility index (Phi) is 6.31. The predicted octanol–water partition coefficient (Wildman–Crippen LogP) is 4.80. The van der Waals surface area contributed by atoms with E-state index in [-0.39, 0.29) is 16.3 Å². The van der Waals surface area contributed by atoms with Crippen molar-refractivity contribution in [1.29, 1.82) is 0 Å². The van der Waals surface area contributed by atoms with E-state index in [2.05, 4.69) is 0 Å². The van der Waals surface area contributed by atoms with Crippen LogP contribution in [0, 0.1) is 0 Å². The van der Waals surface area contributed by atoms with E-state index >= 15 is 0 Å². The molecular weight excluding hydrogens is 446 g/mol. The van der Waals surface area contributed by atoms with Crippen LogP contribution < -0.4 is 3.71 Å². The number of halogens is 1. The number of phenolic OH excluding ortho intramolecular Hbond substituents is 1. The Labute approximate surface area is 184 Å². The Morgan fingerprint density at radius 1 is 0.833 bits per heavy atom. The zero-order valence-corrected chi connectivity index (χ0v) is 20.6. The highest BCUT2D eigenvalue weighted by Gasteiger charge is 2.36. The molecule has 2 aromatic rings. The van der Waals surface area contributed by atoms with Gasteiger partial charge in [-0.2, -0.15) is 3.71 Å². The largest absolute Gasteiger partial charge is 0.507 e. The van der Waals surface area contributed by atoms with Gasteiger partial charge in [0.2, 0.25) is 10.0 Å². The molecule has 0 heterocycles. The second-order valence-corrected chi connectivity index (χ2v) is 13.6. The van der Waals surface area contributed by atoms with Crippen molar-refractivity contribution in [2.24, 2.45) is 0 Å². The van der Waals surface area contributed by atoms with E-state index in [1.807, 2.05) is 41.5 Å². The van der Waals surface area contributed by atoms with Crippen molar-refractivity contribution >= 4 is 37.3 Å². The fraction of sp³-hybridized carbons (Fsp3) is 0.429. The van der Waals surface area contributed by atoms with Gasteiger partial charge in [-0.05, 0) is 47.2 Å². The summed E-state index contributed by atoms with van der Waals surface area (Å²) in [7, 11) is -8.70. The molecule has 0 amide bonds. The molecule has 0 radical (unpaired) electrons. The van der Waals surface area contributed by atoms with Crippen LogP contribution in [0.2, 0.25) is 5.02 Å². The molecule has 0 aliphatic rings. The monoisotopic (exact) mass is 473 g/mol. The van der Waals surface area contributed by atoms with Crippen LogP contribution in [0.5, 0.6) is 5.75 Å². The van der Waals surface area contributed by atoms with Crippen LogP contribution in [0.1, 0.15) is 52.7 Å². The number of rotatable bonds is 4. The lowest BCUT2D eigenvalue weighted by atomic mass is 9.79. The van der Waals surface area contributed by atoms with E-state index in [9.17, 15) is 21.9 Å². The quantitative estimate of drug-likeness (QED) is 0.688. The molecule has 0 atom stereocenters. The van der Waals surface area contributed by atoms with Gasteiger partial charge in [-0.3, -0.25) is 0 Å². The highest BCUT2D eigenvalue weighted by atomic mass is 35.5. The van der Waals surface area contributed by atoms with Crippen molar-refractivity contribution in [1.82, 2.24) is 0 Å². The maximum atomic E-state index is 13.3. The first kappa shape index (κ1) is 24.5. The fourth-order valence-corrected chi connectivity index (χ4v) is 6.43. The van der Waals surface area contributed by atoms with Gasteiger partial charge in [0.15, 0.2) is 0 Å². The van der Waals surface area contributed by atoms with E-state index in [0.717, 1.165) is 6.26 Å². The van der Waals surface area contributed by atoms with Crippen molar-refractivity contribution in [3.63, 3.8) is 0 Å². The zero-order valence-electron chi connectivity index (χ0n) is 18.2. The lowest BCUT2D eigenvalue weighted by Gasteiger charge is -2.30. The molecule has 0 unspecified atom stereocenters. The molecular formula is C21H28ClNO5S2. The number of sulfonamides is 2. The summed E-state index contributed by atoms with van der Waals surface area (Å²) in [5.74, 6) is 0.0242. The Morgan fingerprint density at radius 2 is 1.23 bits per heavy atom. The van der Waals surface area contributed by atoms with Crippen LogP contribution in [-0.2, 0) is 30.9 Å². The molecule has 0 aromatic heterocycles. The molecule has 0 saturated heterocycles. The van der Waals surface area contributed by atoms with Gasteiger partial charge < -0.3 is 5.11 Å². The molecule has 0 aliphatic heterocycles. The highest BCUT2D eigenvalue weighted by Crippen LogP contribution is 2.43. The van der Waals surface area contributed by atoms with E-state index in [1.54, 1.807) is 0 Å². The molecule has 0 fully saturated rings. The van der Waals surface area contributed by atoms with Crippen LogP contribution >= 0.6 is 11.6 Å². The molecule has 0 bridgehead atoms. The Morgan fingerprint density at radius 3 is 1.57 bits per heavy atom. The van der Waals surface area contributed by atoms with Gasteiger partial charge in [-0.15, -0.1) is 0 Å². The second-order valence-electron chi connectivity index (χ2n) is 9.31. The van der Waals surface area contributed by atoms with Gasteiger partial charge in [-0.1, -0.05) is 53.1 Å². The Bertz CT molecular complexity index is 1120. The zero-order chi connectivity index (χ0) is 23.3. The van der Waals surface area contributed by atoms with Gasteiger partial charge in [-0.25, -0.2) is 16.8 Å². The molecule has 1 N–H and O–H groups in total. The van der Waals surface area contributed by atoms with Crippen molar-refractivity contribution < 1.29 is 21.9 Å². The first-order valence-electron chi connectivity index (χ1n) is 9.26. The van der Waals surface area contributed by atoms with Gasteiger partial charge in [0.05, 0.1) is 16.8 Å². The lowest BCUT2D eigenvalue weighted by Crippen LogP contribution is -2.36. The van der Waals surface area contributed by atoms with Gasteiger partial charge in [0.1, 0.15) is 5.75 Å². The number of benzene rings is 2. The third kappa shape index (κ3) is 4.92. The van der Waals surface area contributed by atoms with E-state index in [1.165, 1.54) is 36.4 Å². The van der Waals surface area contributed by atoms with Gasteiger partial charge in [0.25, 0.3) is 10.0 Å². The first-order valence-corrected chi connectivity index (χ1v) is 12.9. The third-order valence-electron chi connectivity index (χ3n) is 4.55. The molecule has 0 aliphatic carbocycles. The minimum absolute atomic E-state index is 0.0242. The molecule has 166 valence electrons. The van der Waals surface area contributed by atoms with Crippen LogP contribution in [0.15, 0.2) is 41.3 Å². The summed E-state index contributed by atoms with van der Waals surface area (Å²) in [4.78, 5) is -0.208. The second kappa shape index (κ2) is 7.73. The number of phenols is 1. The normalized spacial score (nSPS) is 13.3. The summed E-state index contributed by atoms with van der Waals surface area (Å²) in [5, 5.41) is 11.2. The minimum Gasteiger partial charge on any atom is -0.507 e. The van der Waals surface area contributed by atoms with Gasteiger partial charge >= 0.3 is 0 Å². The SMILES string of the molecule is CC(C)(C)c1cc(N(S(C)(=O)=O)S(=O)(=O)c2ccc(Cl)cc2)cc(C(C)(C)C)c1O. The van der Waals surface area contributed by atoms with E-state index in [0.29, 0.717) is 19.9 Å². The van der Waals surface area contributed by atoms with E-state index < -0.39 is 30.9 Å². The molecule has 30 heavy (non-hydrogen) atoms. The number of hydrogen-bond donors (Lipinski definition) is 1. The number of aromatic hydroxyl groups is 1. The summed E-state index contributed by atoms with van der Waals surface area (Å²) in [6.07, 6.45) is 0.834. The predicted molar refractivity (Wildman–Crippen MR) is 121 cm³/mol. The summed E-state index contributed by atoms with van der Waals surface area (Å²) in [6, 6.07) is 8.11. The number of anilines is 1.